The number of rotatable bonds is 7. The second kappa shape index (κ2) is 8.01. The normalized spacial score (nSPS) is 21.4. The van der Waals surface area contributed by atoms with Gasteiger partial charge >= 0.3 is 0 Å². The Morgan fingerprint density at radius 1 is 1.36 bits per heavy atom. The van der Waals surface area contributed by atoms with Crippen LogP contribution in [0.3, 0.4) is 0 Å². The molecule has 0 bridgehead atoms. The van der Waals surface area contributed by atoms with E-state index in [1.165, 1.54) is 38.6 Å². The fourth-order valence-corrected chi connectivity index (χ4v) is 1.84. The summed E-state index contributed by atoms with van der Waals surface area (Å²) in [6.45, 7) is 3.23. The van der Waals surface area contributed by atoms with Crippen molar-refractivity contribution in [2.45, 2.75) is 32.1 Å². The zero-order valence-corrected chi connectivity index (χ0v) is 9.30. The molecule has 0 unspecified atom stereocenters. The van der Waals surface area contributed by atoms with Gasteiger partial charge in [0.2, 0.25) is 0 Å². The van der Waals surface area contributed by atoms with E-state index < -0.39 is 0 Å². The molecule has 82 valence electrons. The molecule has 0 saturated heterocycles. The second-order valence-electron chi connectivity index (χ2n) is 4.05. The number of allylic oxidation sites excluding steroid dienone is 2. The van der Waals surface area contributed by atoms with Gasteiger partial charge in [-0.2, -0.15) is 0 Å². The Kier molecular flexibility index (Phi) is 6.71. The summed E-state index contributed by atoms with van der Waals surface area (Å²) in [5.41, 5.74) is 0. The van der Waals surface area contributed by atoms with Gasteiger partial charge in [0.05, 0.1) is 0 Å². The van der Waals surface area contributed by atoms with Gasteiger partial charge in [-0.05, 0) is 51.1 Å². The Hall–Kier alpha value is -0.340. The summed E-state index contributed by atoms with van der Waals surface area (Å²) in [5.74, 6) is 0.877. The molecule has 2 nitrogen and oxygen atoms in total. The smallest absolute Gasteiger partial charge is 0.0462 e. The van der Waals surface area contributed by atoms with E-state index in [-0.39, 0.29) is 0 Å². The first kappa shape index (κ1) is 11.7. The average Bonchev–Trinajstić information content (AvgIpc) is 2.25. The molecule has 0 spiro atoms. The Balaban J connectivity index is 1.86. The van der Waals surface area contributed by atoms with Crippen molar-refractivity contribution in [1.29, 1.82) is 0 Å². The lowest BCUT2D eigenvalue weighted by atomic mass is 9.94. The van der Waals surface area contributed by atoms with Crippen molar-refractivity contribution < 1.29 is 4.74 Å². The zero-order valence-electron chi connectivity index (χ0n) is 9.30. The largest absolute Gasteiger partial charge is 0.385 e. The fourth-order valence-electron chi connectivity index (χ4n) is 1.84. The van der Waals surface area contributed by atoms with Crippen molar-refractivity contribution in [2.24, 2.45) is 5.92 Å². The van der Waals surface area contributed by atoms with Gasteiger partial charge in [0, 0.05) is 13.7 Å². The number of methoxy groups -OCH3 is 1. The molecular formula is C12H23NO. The van der Waals surface area contributed by atoms with Gasteiger partial charge in [-0.1, -0.05) is 12.2 Å². The van der Waals surface area contributed by atoms with E-state index in [0.29, 0.717) is 0 Å². The van der Waals surface area contributed by atoms with Crippen LogP contribution < -0.4 is 5.32 Å². The predicted octanol–water partition coefficient (Wildman–Crippen LogP) is 2.36. The molecule has 0 fully saturated rings. The molecule has 0 aromatic carbocycles. The van der Waals surface area contributed by atoms with E-state index in [4.69, 9.17) is 4.74 Å². The first-order valence-electron chi connectivity index (χ1n) is 5.78. The Morgan fingerprint density at radius 3 is 3.00 bits per heavy atom. The topological polar surface area (TPSA) is 21.3 Å². The maximum atomic E-state index is 5.00. The third-order valence-corrected chi connectivity index (χ3v) is 2.76. The van der Waals surface area contributed by atoms with Gasteiger partial charge in [0.1, 0.15) is 0 Å². The number of hydrogen-bond donors (Lipinski definition) is 1. The maximum absolute atomic E-state index is 5.00. The zero-order chi connectivity index (χ0) is 10.1. The van der Waals surface area contributed by atoms with Crippen LogP contribution in [0.5, 0.6) is 0 Å². The van der Waals surface area contributed by atoms with Crippen molar-refractivity contribution in [3.63, 3.8) is 0 Å². The highest BCUT2D eigenvalue weighted by molar-refractivity contribution is 4.90. The highest BCUT2D eigenvalue weighted by Gasteiger charge is 2.08. The third kappa shape index (κ3) is 5.40. The van der Waals surface area contributed by atoms with E-state index in [9.17, 15) is 0 Å². The summed E-state index contributed by atoms with van der Waals surface area (Å²) >= 11 is 0. The minimum absolute atomic E-state index is 0.877. The molecule has 0 heterocycles. The Labute approximate surface area is 87.7 Å². The molecule has 1 N–H and O–H groups in total. The van der Waals surface area contributed by atoms with Gasteiger partial charge in [0.15, 0.2) is 0 Å². The first-order chi connectivity index (χ1) is 6.93. The molecule has 1 aliphatic rings. The lowest BCUT2D eigenvalue weighted by Gasteiger charge is -2.17. The van der Waals surface area contributed by atoms with Crippen molar-refractivity contribution in [2.75, 3.05) is 26.8 Å². The first-order valence-corrected chi connectivity index (χ1v) is 5.78. The van der Waals surface area contributed by atoms with Crippen LogP contribution in [0.25, 0.3) is 0 Å². The van der Waals surface area contributed by atoms with Crippen LogP contribution in [-0.2, 0) is 4.74 Å². The summed E-state index contributed by atoms with van der Waals surface area (Å²) in [4.78, 5) is 0. The van der Waals surface area contributed by atoms with Crippen LogP contribution in [0.15, 0.2) is 12.2 Å². The van der Waals surface area contributed by atoms with Gasteiger partial charge in [-0.15, -0.1) is 0 Å². The average molecular weight is 197 g/mol. The molecule has 14 heavy (non-hydrogen) atoms. The third-order valence-electron chi connectivity index (χ3n) is 2.76. The van der Waals surface area contributed by atoms with E-state index in [2.05, 4.69) is 17.5 Å². The van der Waals surface area contributed by atoms with Gasteiger partial charge in [0.25, 0.3) is 0 Å². The molecule has 0 saturated carbocycles. The molecular weight excluding hydrogens is 174 g/mol. The molecule has 2 heteroatoms. The number of hydrogen-bond acceptors (Lipinski definition) is 2. The lowest BCUT2D eigenvalue weighted by molar-refractivity contribution is 0.192. The minimum Gasteiger partial charge on any atom is -0.385 e. The van der Waals surface area contributed by atoms with Crippen molar-refractivity contribution in [3.05, 3.63) is 12.2 Å². The highest BCUT2D eigenvalue weighted by atomic mass is 16.5. The summed E-state index contributed by atoms with van der Waals surface area (Å²) < 4.78 is 5.00. The monoisotopic (exact) mass is 197 g/mol. The Bertz CT molecular complexity index is 156. The molecule has 1 rings (SSSR count). The Morgan fingerprint density at radius 2 is 2.29 bits per heavy atom. The molecule has 0 amide bonds. The van der Waals surface area contributed by atoms with Gasteiger partial charge < -0.3 is 10.1 Å². The fraction of sp³-hybridized carbons (Fsp3) is 0.833. The van der Waals surface area contributed by atoms with Crippen LogP contribution in [0.1, 0.15) is 32.1 Å². The van der Waals surface area contributed by atoms with Crippen LogP contribution in [0.4, 0.5) is 0 Å². The summed E-state index contributed by atoms with van der Waals surface area (Å²) in [5, 5.41) is 3.52. The predicted molar refractivity (Wildman–Crippen MR) is 60.5 cm³/mol. The standard InChI is InChI=1S/C12H23NO/c1-14-10-6-5-9-13-11-12-7-3-2-4-8-12/h2-3,12-13H,4-11H2,1H3/t12-/m0/s1. The van der Waals surface area contributed by atoms with Crippen LogP contribution >= 0.6 is 0 Å². The summed E-state index contributed by atoms with van der Waals surface area (Å²) in [6, 6.07) is 0. The molecule has 0 aromatic rings. The number of ether oxygens (including phenoxy) is 1. The molecule has 1 atom stereocenters. The number of nitrogens with one attached hydrogen (secondary N) is 1. The van der Waals surface area contributed by atoms with Gasteiger partial charge in [-0.3, -0.25) is 0 Å². The second-order valence-corrected chi connectivity index (χ2v) is 4.05. The summed E-state index contributed by atoms with van der Waals surface area (Å²) in [6.07, 6.45) is 10.9. The quantitative estimate of drug-likeness (QED) is 0.500. The van der Waals surface area contributed by atoms with E-state index in [1.54, 1.807) is 7.11 Å². The minimum atomic E-state index is 0.877. The maximum Gasteiger partial charge on any atom is 0.0462 e. The van der Waals surface area contributed by atoms with Crippen LogP contribution in [0, 0.1) is 5.92 Å². The van der Waals surface area contributed by atoms with E-state index in [0.717, 1.165) is 19.1 Å². The highest BCUT2D eigenvalue weighted by Crippen LogP contribution is 2.16. The van der Waals surface area contributed by atoms with E-state index in [1.807, 2.05) is 0 Å². The lowest BCUT2D eigenvalue weighted by Crippen LogP contribution is -2.24. The van der Waals surface area contributed by atoms with Crippen molar-refractivity contribution in [3.8, 4) is 0 Å². The molecule has 0 aromatic heterocycles. The number of unbranched alkanes of at least 4 members (excludes halogenated alkanes) is 1. The summed E-state index contributed by atoms with van der Waals surface area (Å²) in [7, 11) is 1.77. The molecule has 0 aliphatic heterocycles. The van der Waals surface area contributed by atoms with Crippen molar-refractivity contribution >= 4 is 0 Å². The SMILES string of the molecule is COCCCCNC[C@H]1CC=CCC1. The molecule has 1 aliphatic carbocycles. The van der Waals surface area contributed by atoms with Crippen molar-refractivity contribution in [1.82, 2.24) is 5.32 Å². The van der Waals surface area contributed by atoms with E-state index >= 15 is 0 Å². The molecule has 0 radical (unpaired) electrons. The van der Waals surface area contributed by atoms with Gasteiger partial charge in [-0.25, -0.2) is 0 Å². The van der Waals surface area contributed by atoms with Crippen LogP contribution in [-0.4, -0.2) is 26.8 Å². The van der Waals surface area contributed by atoms with Crippen LogP contribution in [0.2, 0.25) is 0 Å².